The summed E-state index contributed by atoms with van der Waals surface area (Å²) in [7, 11) is 3.98. The van der Waals surface area contributed by atoms with Crippen molar-refractivity contribution in [3.05, 3.63) is 18.2 Å². The van der Waals surface area contributed by atoms with Crippen molar-refractivity contribution in [3.63, 3.8) is 0 Å². The molecule has 0 fully saturated rings. The number of rotatable bonds is 1. The van der Waals surface area contributed by atoms with E-state index in [9.17, 15) is 0 Å². The second-order valence-electron chi connectivity index (χ2n) is 2.25. The summed E-state index contributed by atoms with van der Waals surface area (Å²) in [6.45, 7) is 0. The summed E-state index contributed by atoms with van der Waals surface area (Å²) < 4.78 is 0. The van der Waals surface area contributed by atoms with Crippen molar-refractivity contribution < 1.29 is 0 Å². The number of hydrogen-bond donors (Lipinski definition) is 2. The lowest BCUT2D eigenvalue weighted by Crippen LogP contribution is -2.09. The second-order valence-corrected chi connectivity index (χ2v) is 2.77. The highest BCUT2D eigenvalue weighted by Crippen LogP contribution is 2.09. The van der Waals surface area contributed by atoms with Gasteiger partial charge < -0.3 is 5.23 Å². The summed E-state index contributed by atoms with van der Waals surface area (Å²) in [5.41, 5.74) is 2.40. The van der Waals surface area contributed by atoms with E-state index < -0.39 is 0 Å². The standard InChI is InChI=1S/C6H9B2NS/c7-5-2-1-4(10)3-6(5)9-8/h1-3,9-10H,7-8H2. The van der Waals surface area contributed by atoms with Crippen LogP contribution in [-0.4, -0.2) is 15.8 Å². The molecule has 0 unspecified atom stereocenters. The van der Waals surface area contributed by atoms with Gasteiger partial charge in [0.25, 0.3) is 0 Å². The second kappa shape index (κ2) is 3.06. The van der Waals surface area contributed by atoms with Crippen LogP contribution in [0.1, 0.15) is 0 Å². The Morgan fingerprint density at radius 3 is 2.60 bits per heavy atom. The largest absolute Gasteiger partial charge is 0.435 e. The van der Waals surface area contributed by atoms with Gasteiger partial charge in [-0.25, -0.2) is 0 Å². The molecule has 1 nitrogen and oxygen atoms in total. The molecule has 0 aliphatic carbocycles. The van der Waals surface area contributed by atoms with Crippen LogP contribution < -0.4 is 10.7 Å². The Bertz CT molecular complexity index is 239. The Kier molecular flexibility index (Phi) is 2.33. The molecule has 1 rings (SSSR count). The quantitative estimate of drug-likeness (QED) is 0.393. The van der Waals surface area contributed by atoms with E-state index in [0.717, 1.165) is 10.6 Å². The monoisotopic (exact) mass is 149 g/mol. The lowest BCUT2D eigenvalue weighted by atomic mass is 9.93. The first-order chi connectivity index (χ1) is 4.74. The molecule has 0 saturated heterocycles. The molecule has 4 heteroatoms. The van der Waals surface area contributed by atoms with Crippen molar-refractivity contribution in [2.24, 2.45) is 0 Å². The molecule has 0 amide bonds. The van der Waals surface area contributed by atoms with Crippen LogP contribution in [0.3, 0.4) is 0 Å². The zero-order chi connectivity index (χ0) is 7.56. The number of thiol groups is 1. The minimum absolute atomic E-state index is 0.995. The third kappa shape index (κ3) is 1.51. The van der Waals surface area contributed by atoms with Gasteiger partial charge in [-0.2, -0.15) is 0 Å². The lowest BCUT2D eigenvalue weighted by Gasteiger charge is -2.04. The van der Waals surface area contributed by atoms with Gasteiger partial charge in [0.05, 0.1) is 0 Å². The number of benzene rings is 1. The molecule has 0 radical (unpaired) electrons. The van der Waals surface area contributed by atoms with E-state index >= 15 is 0 Å². The zero-order valence-electron chi connectivity index (χ0n) is 6.18. The van der Waals surface area contributed by atoms with E-state index in [2.05, 4.69) is 25.7 Å². The van der Waals surface area contributed by atoms with Crippen molar-refractivity contribution >= 4 is 39.6 Å². The highest BCUT2D eigenvalue weighted by Gasteiger charge is 1.93. The molecule has 0 spiro atoms. The summed E-state index contributed by atoms with van der Waals surface area (Å²) in [4.78, 5) is 0.995. The van der Waals surface area contributed by atoms with Crippen LogP contribution in [0.15, 0.2) is 23.1 Å². The lowest BCUT2D eigenvalue weighted by molar-refractivity contribution is 1.50. The molecule has 1 aromatic carbocycles. The van der Waals surface area contributed by atoms with Crippen LogP contribution in [0.5, 0.6) is 0 Å². The molecule has 0 saturated carbocycles. The molecule has 0 aliphatic rings. The SMILES string of the molecule is BNc1cc(S)ccc1B. The summed E-state index contributed by atoms with van der Waals surface area (Å²) in [5.74, 6) is 0. The molecule has 0 heterocycles. The Hall–Kier alpha value is -0.500. The average Bonchev–Trinajstić information content (AvgIpc) is 1.94. The number of nitrogens with one attached hydrogen (secondary N) is 1. The molecule has 10 heavy (non-hydrogen) atoms. The third-order valence-corrected chi connectivity index (χ3v) is 1.77. The minimum Gasteiger partial charge on any atom is -0.435 e. The van der Waals surface area contributed by atoms with Crippen molar-refractivity contribution in [2.45, 2.75) is 4.90 Å². The van der Waals surface area contributed by atoms with Crippen LogP contribution in [-0.2, 0) is 0 Å². The topological polar surface area (TPSA) is 12.0 Å². The predicted molar refractivity (Wildman–Crippen MR) is 54.0 cm³/mol. The summed E-state index contributed by atoms with van der Waals surface area (Å²) >= 11 is 4.22. The molecule has 0 bridgehead atoms. The molecule has 0 aliphatic heterocycles. The van der Waals surface area contributed by atoms with E-state index in [1.165, 1.54) is 5.46 Å². The zero-order valence-corrected chi connectivity index (χ0v) is 7.07. The summed E-state index contributed by atoms with van der Waals surface area (Å²) in [5, 5.41) is 3.09. The Morgan fingerprint density at radius 2 is 2.10 bits per heavy atom. The molecule has 0 aromatic heterocycles. The Morgan fingerprint density at radius 1 is 1.40 bits per heavy atom. The van der Waals surface area contributed by atoms with Gasteiger partial charge in [0.1, 0.15) is 7.85 Å². The van der Waals surface area contributed by atoms with E-state index in [4.69, 9.17) is 0 Å². The van der Waals surface area contributed by atoms with Gasteiger partial charge in [-0.1, -0.05) is 11.5 Å². The Balaban J connectivity index is 3.09. The summed E-state index contributed by atoms with van der Waals surface area (Å²) in [6, 6.07) is 6.05. The fraction of sp³-hybridized carbons (Fsp3) is 0. The molecule has 0 atom stereocenters. The number of anilines is 1. The van der Waals surface area contributed by atoms with Crippen molar-refractivity contribution in [1.29, 1.82) is 0 Å². The first-order valence-electron chi connectivity index (χ1n) is 3.21. The predicted octanol–water partition coefficient (Wildman–Crippen LogP) is -0.806. The molecule has 1 aromatic rings. The van der Waals surface area contributed by atoms with Crippen molar-refractivity contribution in [3.8, 4) is 0 Å². The first-order valence-corrected chi connectivity index (χ1v) is 3.66. The number of hydrogen-bond acceptors (Lipinski definition) is 2. The van der Waals surface area contributed by atoms with Gasteiger partial charge in [-0.3, -0.25) is 0 Å². The third-order valence-electron chi connectivity index (χ3n) is 1.49. The van der Waals surface area contributed by atoms with Crippen LogP contribution in [0.4, 0.5) is 5.69 Å². The average molecular weight is 149 g/mol. The molecule has 1 N–H and O–H groups in total. The van der Waals surface area contributed by atoms with Gasteiger partial charge in [0.2, 0.25) is 7.98 Å². The van der Waals surface area contributed by atoms with Crippen LogP contribution >= 0.6 is 12.6 Å². The van der Waals surface area contributed by atoms with Gasteiger partial charge in [0.15, 0.2) is 0 Å². The molecular weight excluding hydrogens is 140 g/mol. The van der Waals surface area contributed by atoms with E-state index in [-0.39, 0.29) is 0 Å². The van der Waals surface area contributed by atoms with Gasteiger partial charge in [-0.15, -0.1) is 12.6 Å². The van der Waals surface area contributed by atoms with Crippen LogP contribution in [0.2, 0.25) is 0 Å². The first kappa shape index (κ1) is 7.61. The summed E-state index contributed by atoms with van der Waals surface area (Å²) in [6.07, 6.45) is 0. The maximum absolute atomic E-state index is 4.22. The van der Waals surface area contributed by atoms with Crippen molar-refractivity contribution in [1.82, 2.24) is 0 Å². The Labute approximate surface area is 68.5 Å². The van der Waals surface area contributed by atoms with E-state index in [0.29, 0.717) is 0 Å². The van der Waals surface area contributed by atoms with E-state index in [1.54, 1.807) is 0 Å². The smallest absolute Gasteiger partial charge is 0.213 e. The molecule has 50 valence electrons. The van der Waals surface area contributed by atoms with Crippen molar-refractivity contribution in [2.75, 3.05) is 5.23 Å². The highest BCUT2D eigenvalue weighted by atomic mass is 32.1. The van der Waals surface area contributed by atoms with Gasteiger partial charge in [-0.05, 0) is 12.1 Å². The van der Waals surface area contributed by atoms with E-state index in [1.807, 2.05) is 26.2 Å². The maximum atomic E-state index is 4.22. The van der Waals surface area contributed by atoms with Gasteiger partial charge >= 0.3 is 0 Å². The normalized spacial score (nSPS) is 9.30. The van der Waals surface area contributed by atoms with Crippen LogP contribution in [0, 0.1) is 0 Å². The maximum Gasteiger partial charge on any atom is 0.213 e. The fourth-order valence-corrected chi connectivity index (χ4v) is 1.08. The fourth-order valence-electron chi connectivity index (χ4n) is 0.879. The minimum atomic E-state index is 0.995. The molecular formula is C6H9B2NS. The highest BCUT2D eigenvalue weighted by molar-refractivity contribution is 7.80. The van der Waals surface area contributed by atoms with Crippen LogP contribution in [0.25, 0.3) is 0 Å². The van der Waals surface area contributed by atoms with Gasteiger partial charge in [0, 0.05) is 10.6 Å².